The summed E-state index contributed by atoms with van der Waals surface area (Å²) in [6, 6.07) is 7.39. The van der Waals surface area contributed by atoms with Gasteiger partial charge in [0.2, 0.25) is 0 Å². The van der Waals surface area contributed by atoms with Crippen LogP contribution < -0.4 is 27.0 Å². The second-order valence-corrected chi connectivity index (χ2v) is 4.84. The number of aromatic nitrogens is 2. The molecule has 2 aromatic rings. The van der Waals surface area contributed by atoms with Crippen LogP contribution in [0.5, 0.6) is 0 Å². The lowest BCUT2D eigenvalue weighted by atomic mass is 10.3. The average molecular weight is 475 g/mol. The van der Waals surface area contributed by atoms with Crippen LogP contribution in [0.25, 0.3) is 11.0 Å². The smallest absolute Gasteiger partial charge is 0.323 e. The van der Waals surface area contributed by atoms with Gasteiger partial charge in [0.05, 0.1) is 11.0 Å². The molecule has 2 fully saturated rings. The highest BCUT2D eigenvalue weighted by Crippen LogP contribution is 2.03. The van der Waals surface area contributed by atoms with Crippen molar-refractivity contribution in [3.05, 3.63) is 34.7 Å². The Balaban J connectivity index is -0.0000000720. The molecule has 0 saturated carbocycles. The van der Waals surface area contributed by atoms with Crippen LogP contribution in [-0.2, 0) is 0 Å². The molecular formula is C24H54N6O3. The van der Waals surface area contributed by atoms with E-state index >= 15 is 0 Å². The molecule has 33 heavy (non-hydrogen) atoms. The van der Waals surface area contributed by atoms with E-state index in [4.69, 9.17) is 0 Å². The van der Waals surface area contributed by atoms with E-state index in [0.29, 0.717) is 0 Å². The topological polar surface area (TPSA) is 131 Å². The Morgan fingerprint density at radius 2 is 0.848 bits per heavy atom. The average Bonchev–Trinajstić information content (AvgIpc) is 3.41. The van der Waals surface area contributed by atoms with E-state index in [9.17, 15) is 14.4 Å². The molecule has 9 heteroatoms. The van der Waals surface area contributed by atoms with Gasteiger partial charge in [0.15, 0.2) is 0 Å². The Kier molecular flexibility index (Phi) is 41.5. The summed E-state index contributed by atoms with van der Waals surface area (Å²) in [6.07, 6.45) is 1.05. The predicted octanol–water partition coefficient (Wildman–Crippen LogP) is 5.47. The molecule has 2 saturated heterocycles. The number of para-hydroxylation sites is 2. The highest BCUT2D eigenvalue weighted by Gasteiger charge is 2.03. The van der Waals surface area contributed by atoms with Gasteiger partial charge in [0.1, 0.15) is 0 Å². The maximum Gasteiger partial charge on any atom is 0.323 e. The number of hydrogen-bond donors (Lipinski definition) is 6. The number of urea groups is 2. The highest BCUT2D eigenvalue weighted by molar-refractivity contribution is 5.75. The highest BCUT2D eigenvalue weighted by atomic mass is 16.2. The SMILES string of the molecule is C.C.C.C.CC.CC.CC.O=C1NCCCN1.O=C1NCCN1.O=c1[nH]c2ccccc2[nH]1. The van der Waals surface area contributed by atoms with Crippen LogP contribution in [0, 0.1) is 0 Å². The summed E-state index contributed by atoms with van der Waals surface area (Å²) in [5.74, 6) is 0. The summed E-state index contributed by atoms with van der Waals surface area (Å²) in [7, 11) is 0. The Bertz CT molecular complexity index is 661. The van der Waals surface area contributed by atoms with Crippen LogP contribution >= 0.6 is 0 Å². The van der Waals surface area contributed by atoms with Crippen LogP contribution in [0.3, 0.4) is 0 Å². The van der Waals surface area contributed by atoms with E-state index < -0.39 is 0 Å². The van der Waals surface area contributed by atoms with Gasteiger partial charge in [0, 0.05) is 26.2 Å². The Morgan fingerprint density at radius 1 is 0.545 bits per heavy atom. The van der Waals surface area contributed by atoms with Gasteiger partial charge in [-0.15, -0.1) is 0 Å². The predicted molar refractivity (Wildman–Crippen MR) is 147 cm³/mol. The lowest BCUT2D eigenvalue weighted by Gasteiger charge is -2.11. The van der Waals surface area contributed by atoms with Crippen LogP contribution in [0.15, 0.2) is 29.1 Å². The zero-order valence-electron chi connectivity index (χ0n) is 18.6. The summed E-state index contributed by atoms with van der Waals surface area (Å²) in [5, 5.41) is 10.4. The first-order valence-electron chi connectivity index (χ1n) is 10.4. The largest absolute Gasteiger partial charge is 0.338 e. The van der Waals surface area contributed by atoms with E-state index in [0.717, 1.165) is 43.6 Å². The van der Waals surface area contributed by atoms with E-state index in [1.807, 2.05) is 65.8 Å². The molecule has 2 aliphatic heterocycles. The van der Waals surface area contributed by atoms with Gasteiger partial charge in [-0.2, -0.15) is 0 Å². The molecule has 6 N–H and O–H groups in total. The molecule has 0 bridgehead atoms. The van der Waals surface area contributed by atoms with Crippen LogP contribution in [0.1, 0.15) is 77.7 Å². The Labute approximate surface area is 202 Å². The normalized spacial score (nSPS) is 11.6. The minimum atomic E-state index is -0.152. The molecule has 3 heterocycles. The first kappa shape index (κ1) is 43.8. The van der Waals surface area contributed by atoms with E-state index in [1.54, 1.807) is 0 Å². The fourth-order valence-corrected chi connectivity index (χ4v) is 1.95. The number of aromatic amines is 2. The summed E-state index contributed by atoms with van der Waals surface area (Å²) in [6.45, 7) is 15.2. The fourth-order valence-electron chi connectivity index (χ4n) is 1.95. The third kappa shape index (κ3) is 22.0. The second kappa shape index (κ2) is 31.2. The number of amides is 4. The van der Waals surface area contributed by atoms with Gasteiger partial charge >= 0.3 is 17.8 Å². The van der Waals surface area contributed by atoms with Gasteiger partial charge in [-0.05, 0) is 18.6 Å². The van der Waals surface area contributed by atoms with Crippen molar-refractivity contribution in [2.24, 2.45) is 0 Å². The number of nitrogens with one attached hydrogen (secondary N) is 6. The van der Waals surface area contributed by atoms with Gasteiger partial charge < -0.3 is 31.2 Å². The molecule has 0 atom stereocenters. The monoisotopic (exact) mass is 474 g/mol. The van der Waals surface area contributed by atoms with Crippen molar-refractivity contribution in [1.29, 1.82) is 0 Å². The van der Waals surface area contributed by atoms with Crippen molar-refractivity contribution < 1.29 is 9.59 Å². The molecule has 0 radical (unpaired) electrons. The molecule has 1 aromatic carbocycles. The number of carbonyl (C=O) groups excluding carboxylic acids is 2. The van der Waals surface area contributed by atoms with Crippen molar-refractivity contribution in [3.8, 4) is 0 Å². The maximum atomic E-state index is 10.7. The summed E-state index contributed by atoms with van der Waals surface area (Å²) in [5.41, 5.74) is 1.56. The molecule has 4 amide bonds. The zero-order chi connectivity index (χ0) is 22.5. The van der Waals surface area contributed by atoms with E-state index in [2.05, 4.69) is 31.2 Å². The number of carbonyl (C=O) groups is 2. The molecular weight excluding hydrogens is 420 g/mol. The number of benzene rings is 1. The van der Waals surface area contributed by atoms with Gasteiger partial charge in [-0.3, -0.25) is 0 Å². The Morgan fingerprint density at radius 3 is 1.09 bits per heavy atom. The van der Waals surface area contributed by atoms with Crippen molar-refractivity contribution in [3.63, 3.8) is 0 Å². The quantitative estimate of drug-likeness (QED) is 0.303. The minimum Gasteiger partial charge on any atom is -0.338 e. The lowest BCUT2D eigenvalue weighted by Crippen LogP contribution is -2.42. The zero-order valence-corrected chi connectivity index (χ0v) is 18.6. The molecule has 198 valence electrons. The molecule has 9 nitrogen and oxygen atoms in total. The molecule has 1 aromatic heterocycles. The summed E-state index contributed by atoms with van der Waals surface area (Å²) < 4.78 is 0. The first-order chi connectivity index (χ1) is 14.1. The molecule has 0 aliphatic carbocycles. The van der Waals surface area contributed by atoms with Gasteiger partial charge in [-0.25, -0.2) is 14.4 Å². The molecule has 4 rings (SSSR count). The number of hydrogen-bond acceptors (Lipinski definition) is 3. The van der Waals surface area contributed by atoms with Gasteiger partial charge in [-0.1, -0.05) is 83.4 Å². The number of fused-ring (bicyclic) bond motifs is 1. The van der Waals surface area contributed by atoms with Crippen LogP contribution in [0.4, 0.5) is 9.59 Å². The fraction of sp³-hybridized carbons (Fsp3) is 0.625. The van der Waals surface area contributed by atoms with Crippen molar-refractivity contribution in [2.45, 2.75) is 77.7 Å². The number of imidazole rings is 1. The lowest BCUT2D eigenvalue weighted by molar-refractivity contribution is 0.236. The van der Waals surface area contributed by atoms with Crippen LogP contribution in [0.2, 0.25) is 0 Å². The minimum absolute atomic E-state index is 0. The summed E-state index contributed by atoms with van der Waals surface area (Å²) >= 11 is 0. The van der Waals surface area contributed by atoms with E-state index in [-0.39, 0.29) is 47.5 Å². The Hall–Kier alpha value is -2.97. The van der Waals surface area contributed by atoms with Crippen molar-refractivity contribution in [2.75, 3.05) is 26.2 Å². The van der Waals surface area contributed by atoms with E-state index in [1.165, 1.54) is 0 Å². The molecule has 0 unspecified atom stereocenters. The third-order valence-electron chi connectivity index (χ3n) is 3.04. The first-order valence-corrected chi connectivity index (χ1v) is 10.4. The molecule has 2 aliphatic rings. The summed E-state index contributed by atoms with van der Waals surface area (Å²) in [4.78, 5) is 36.2. The van der Waals surface area contributed by atoms with Crippen LogP contribution in [-0.4, -0.2) is 48.2 Å². The third-order valence-corrected chi connectivity index (χ3v) is 3.04. The number of rotatable bonds is 0. The second-order valence-electron chi connectivity index (χ2n) is 4.84. The van der Waals surface area contributed by atoms with Crippen molar-refractivity contribution >= 4 is 23.1 Å². The van der Waals surface area contributed by atoms with Gasteiger partial charge in [0.25, 0.3) is 0 Å². The van der Waals surface area contributed by atoms with Crippen molar-refractivity contribution in [1.82, 2.24) is 31.2 Å². The number of H-pyrrole nitrogens is 2. The standard InChI is InChI=1S/C7H6N2O.C4H8N2O.C3H6N2O.3C2H6.4CH4/c10-7-8-5-3-1-2-4-6(5)9-7;7-4-5-2-1-3-6-4;6-3-4-1-2-5-3;3*1-2;;;;/h1-4H,(H2,8,9,10);1-3H2,(H2,5,6,7);1-2H2,(H2,4,5,6);3*1-2H3;4*1H4. The maximum absolute atomic E-state index is 10.7. The molecule has 0 spiro atoms.